The molecule has 0 bridgehead atoms. The number of benzene rings is 1. The Morgan fingerprint density at radius 2 is 1.79 bits per heavy atom. The zero-order chi connectivity index (χ0) is 10.2. The molecule has 0 aliphatic carbocycles. The van der Waals surface area contributed by atoms with Crippen LogP contribution in [-0.4, -0.2) is 13.7 Å². The van der Waals surface area contributed by atoms with Gasteiger partial charge in [-0.05, 0) is 37.0 Å². The van der Waals surface area contributed by atoms with Crippen LogP contribution in [0.15, 0.2) is 24.3 Å². The highest BCUT2D eigenvalue weighted by Crippen LogP contribution is 2.12. The maximum atomic E-state index is 5.80. The van der Waals surface area contributed by atoms with Gasteiger partial charge in [0.15, 0.2) is 0 Å². The van der Waals surface area contributed by atoms with Crippen LogP contribution in [-0.2, 0) is 11.2 Å². The molecule has 0 fully saturated rings. The SMILES string of the molecule is COCCCCCc1ccc(Cl)cc1. The molecule has 0 saturated carbocycles. The number of hydrogen-bond donors (Lipinski definition) is 0. The molecule has 14 heavy (non-hydrogen) atoms. The van der Waals surface area contributed by atoms with Crippen LogP contribution >= 0.6 is 11.6 Å². The van der Waals surface area contributed by atoms with Gasteiger partial charge in [0.25, 0.3) is 0 Å². The van der Waals surface area contributed by atoms with E-state index in [0.29, 0.717) is 0 Å². The van der Waals surface area contributed by atoms with Gasteiger partial charge in [0.2, 0.25) is 0 Å². The van der Waals surface area contributed by atoms with Gasteiger partial charge < -0.3 is 4.74 Å². The van der Waals surface area contributed by atoms with Gasteiger partial charge in [0.1, 0.15) is 0 Å². The van der Waals surface area contributed by atoms with Gasteiger partial charge in [-0.1, -0.05) is 30.2 Å². The Labute approximate surface area is 91.0 Å². The monoisotopic (exact) mass is 212 g/mol. The maximum absolute atomic E-state index is 5.80. The predicted molar refractivity (Wildman–Crippen MR) is 60.9 cm³/mol. The Morgan fingerprint density at radius 3 is 2.43 bits per heavy atom. The van der Waals surface area contributed by atoms with Crippen LogP contribution in [0.4, 0.5) is 0 Å². The van der Waals surface area contributed by atoms with Crippen molar-refractivity contribution in [3.05, 3.63) is 34.9 Å². The number of ether oxygens (including phenoxy) is 1. The highest BCUT2D eigenvalue weighted by atomic mass is 35.5. The summed E-state index contributed by atoms with van der Waals surface area (Å²) in [5.74, 6) is 0. The summed E-state index contributed by atoms with van der Waals surface area (Å²) >= 11 is 5.80. The van der Waals surface area contributed by atoms with Crippen LogP contribution in [0.25, 0.3) is 0 Å². The van der Waals surface area contributed by atoms with E-state index < -0.39 is 0 Å². The fourth-order valence-electron chi connectivity index (χ4n) is 1.40. The van der Waals surface area contributed by atoms with Gasteiger partial charge in [0, 0.05) is 18.7 Å². The summed E-state index contributed by atoms with van der Waals surface area (Å²) in [6, 6.07) is 8.09. The first-order chi connectivity index (χ1) is 6.83. The first kappa shape index (κ1) is 11.5. The molecule has 1 aromatic carbocycles. The van der Waals surface area contributed by atoms with Gasteiger partial charge in [0.05, 0.1) is 0 Å². The molecule has 2 heteroatoms. The van der Waals surface area contributed by atoms with Crippen molar-refractivity contribution in [3.8, 4) is 0 Å². The number of unbranched alkanes of at least 4 members (excludes halogenated alkanes) is 2. The van der Waals surface area contributed by atoms with Crippen LogP contribution in [0, 0.1) is 0 Å². The molecular weight excluding hydrogens is 196 g/mol. The summed E-state index contributed by atoms with van der Waals surface area (Å²) in [5, 5.41) is 0.813. The van der Waals surface area contributed by atoms with Crippen molar-refractivity contribution < 1.29 is 4.74 Å². The van der Waals surface area contributed by atoms with Crippen molar-refractivity contribution in [2.45, 2.75) is 25.7 Å². The van der Waals surface area contributed by atoms with Gasteiger partial charge in [-0.3, -0.25) is 0 Å². The van der Waals surface area contributed by atoms with Gasteiger partial charge >= 0.3 is 0 Å². The minimum atomic E-state index is 0.813. The molecule has 1 aromatic rings. The quantitative estimate of drug-likeness (QED) is 0.654. The summed E-state index contributed by atoms with van der Waals surface area (Å²) in [6.07, 6.45) is 4.76. The van der Waals surface area contributed by atoms with Gasteiger partial charge in [-0.2, -0.15) is 0 Å². The van der Waals surface area contributed by atoms with Crippen molar-refractivity contribution in [1.82, 2.24) is 0 Å². The lowest BCUT2D eigenvalue weighted by atomic mass is 10.1. The second-order valence-electron chi connectivity index (χ2n) is 3.43. The lowest BCUT2D eigenvalue weighted by molar-refractivity contribution is 0.192. The Balaban J connectivity index is 2.15. The lowest BCUT2D eigenvalue weighted by Crippen LogP contribution is -1.90. The second kappa shape index (κ2) is 6.86. The van der Waals surface area contributed by atoms with E-state index in [1.807, 2.05) is 12.1 Å². The van der Waals surface area contributed by atoms with Crippen LogP contribution in [0.2, 0.25) is 5.02 Å². The average molecular weight is 213 g/mol. The molecule has 0 saturated heterocycles. The molecule has 0 heterocycles. The normalized spacial score (nSPS) is 10.4. The van der Waals surface area contributed by atoms with Crippen LogP contribution in [0.3, 0.4) is 0 Å². The molecule has 0 aliphatic heterocycles. The second-order valence-corrected chi connectivity index (χ2v) is 3.87. The fraction of sp³-hybridized carbons (Fsp3) is 0.500. The molecule has 0 atom stereocenters. The number of halogens is 1. The predicted octanol–water partition coefficient (Wildman–Crippen LogP) is 3.70. The lowest BCUT2D eigenvalue weighted by Gasteiger charge is -2.01. The van der Waals surface area contributed by atoms with E-state index in [0.717, 1.165) is 24.5 Å². The van der Waals surface area contributed by atoms with Gasteiger partial charge in [-0.15, -0.1) is 0 Å². The summed E-state index contributed by atoms with van der Waals surface area (Å²) < 4.78 is 4.99. The Kier molecular flexibility index (Phi) is 5.65. The van der Waals surface area contributed by atoms with E-state index >= 15 is 0 Å². The van der Waals surface area contributed by atoms with Crippen molar-refractivity contribution in [2.75, 3.05) is 13.7 Å². The molecule has 0 aliphatic rings. The third kappa shape index (κ3) is 4.64. The number of methoxy groups -OCH3 is 1. The standard InChI is InChI=1S/C12H17ClO/c1-14-10-4-2-3-5-11-6-8-12(13)9-7-11/h6-9H,2-5,10H2,1H3. The molecule has 0 aromatic heterocycles. The van der Waals surface area contributed by atoms with Crippen molar-refractivity contribution in [1.29, 1.82) is 0 Å². The largest absolute Gasteiger partial charge is 0.385 e. The molecule has 0 spiro atoms. The Morgan fingerprint density at radius 1 is 1.07 bits per heavy atom. The van der Waals surface area contributed by atoms with E-state index in [1.54, 1.807) is 7.11 Å². The van der Waals surface area contributed by atoms with E-state index in [9.17, 15) is 0 Å². The number of rotatable bonds is 6. The molecule has 0 amide bonds. The third-order valence-electron chi connectivity index (χ3n) is 2.23. The highest BCUT2D eigenvalue weighted by molar-refractivity contribution is 6.30. The molecule has 78 valence electrons. The van der Waals surface area contributed by atoms with E-state index in [-0.39, 0.29) is 0 Å². The maximum Gasteiger partial charge on any atom is 0.0462 e. The summed E-state index contributed by atoms with van der Waals surface area (Å²) in [7, 11) is 1.75. The fourth-order valence-corrected chi connectivity index (χ4v) is 1.53. The number of aryl methyl sites for hydroxylation is 1. The molecule has 0 radical (unpaired) electrons. The minimum Gasteiger partial charge on any atom is -0.385 e. The Bertz CT molecular complexity index is 243. The summed E-state index contributed by atoms with van der Waals surface area (Å²) in [4.78, 5) is 0. The summed E-state index contributed by atoms with van der Waals surface area (Å²) in [6.45, 7) is 0.876. The smallest absolute Gasteiger partial charge is 0.0462 e. The first-order valence-corrected chi connectivity index (χ1v) is 5.44. The average Bonchev–Trinajstić information content (AvgIpc) is 2.21. The zero-order valence-corrected chi connectivity index (χ0v) is 9.39. The molecule has 0 N–H and O–H groups in total. The van der Waals surface area contributed by atoms with Crippen LogP contribution < -0.4 is 0 Å². The highest BCUT2D eigenvalue weighted by Gasteiger charge is 1.93. The van der Waals surface area contributed by atoms with E-state index in [1.165, 1.54) is 18.4 Å². The van der Waals surface area contributed by atoms with Crippen molar-refractivity contribution >= 4 is 11.6 Å². The topological polar surface area (TPSA) is 9.23 Å². The molecular formula is C12H17ClO. The number of hydrogen-bond acceptors (Lipinski definition) is 1. The molecule has 1 nitrogen and oxygen atoms in total. The molecule has 1 rings (SSSR count). The van der Waals surface area contributed by atoms with E-state index in [2.05, 4.69) is 12.1 Å². The van der Waals surface area contributed by atoms with Crippen molar-refractivity contribution in [3.63, 3.8) is 0 Å². The zero-order valence-electron chi connectivity index (χ0n) is 8.63. The van der Waals surface area contributed by atoms with E-state index in [4.69, 9.17) is 16.3 Å². The minimum absolute atomic E-state index is 0.813. The third-order valence-corrected chi connectivity index (χ3v) is 2.48. The van der Waals surface area contributed by atoms with Crippen molar-refractivity contribution in [2.24, 2.45) is 0 Å². The van der Waals surface area contributed by atoms with Crippen LogP contribution in [0.1, 0.15) is 24.8 Å². The van der Waals surface area contributed by atoms with Gasteiger partial charge in [-0.25, -0.2) is 0 Å². The molecule has 0 unspecified atom stereocenters. The summed E-state index contributed by atoms with van der Waals surface area (Å²) in [5.41, 5.74) is 1.37. The first-order valence-electron chi connectivity index (χ1n) is 5.06. The van der Waals surface area contributed by atoms with Crippen LogP contribution in [0.5, 0.6) is 0 Å². The Hall–Kier alpha value is -0.530.